The molecular formula is C9H8ClF3N4. The number of hydrogen-bond acceptors (Lipinski definition) is 4. The Hall–Kier alpha value is -1.63. The molecule has 1 rings (SSSR count). The van der Waals surface area contributed by atoms with E-state index in [1.807, 2.05) is 0 Å². The predicted molar refractivity (Wildman–Crippen MR) is 58.9 cm³/mol. The summed E-state index contributed by atoms with van der Waals surface area (Å²) in [5.74, 6) is -0.0869. The molecule has 4 nitrogen and oxygen atoms in total. The Kier molecular flexibility index (Phi) is 4.06. The number of aromatic nitrogens is 2. The summed E-state index contributed by atoms with van der Waals surface area (Å²) in [6.45, 7) is 5.05. The third-order valence-electron chi connectivity index (χ3n) is 1.65. The first-order valence-electron chi connectivity index (χ1n) is 4.40. The van der Waals surface area contributed by atoms with Crippen molar-refractivity contribution in [2.45, 2.75) is 13.1 Å². The van der Waals surface area contributed by atoms with Gasteiger partial charge in [0.1, 0.15) is 10.7 Å². The highest BCUT2D eigenvalue weighted by Gasteiger charge is 2.34. The van der Waals surface area contributed by atoms with Gasteiger partial charge in [0.05, 0.1) is 0 Å². The van der Waals surface area contributed by atoms with E-state index in [2.05, 4.69) is 21.6 Å². The standard InChI is InChI=1S/C9H8ClF3N4/c1-3-15-17(4-2)8-14-5-6(7(10)16-8)9(11,12)13/h3-5H,2H2,1H3. The molecule has 0 radical (unpaired) electrons. The zero-order valence-electron chi connectivity index (χ0n) is 8.74. The van der Waals surface area contributed by atoms with Crippen molar-refractivity contribution in [1.82, 2.24) is 9.97 Å². The smallest absolute Gasteiger partial charge is 0.219 e. The minimum absolute atomic E-state index is 0.0869. The average Bonchev–Trinajstić information content (AvgIpc) is 2.23. The van der Waals surface area contributed by atoms with Gasteiger partial charge in [-0.1, -0.05) is 18.2 Å². The lowest BCUT2D eigenvalue weighted by Gasteiger charge is -2.13. The molecule has 0 aliphatic carbocycles. The Morgan fingerprint density at radius 1 is 1.53 bits per heavy atom. The summed E-state index contributed by atoms with van der Waals surface area (Å²) in [5, 5.41) is 4.19. The van der Waals surface area contributed by atoms with E-state index >= 15 is 0 Å². The first-order chi connectivity index (χ1) is 7.90. The van der Waals surface area contributed by atoms with Gasteiger partial charge in [-0.3, -0.25) is 0 Å². The predicted octanol–water partition coefficient (Wildman–Crippen LogP) is 3.10. The fourth-order valence-corrected chi connectivity index (χ4v) is 1.19. The number of hydrazone groups is 1. The van der Waals surface area contributed by atoms with E-state index in [9.17, 15) is 13.2 Å². The molecule has 0 aliphatic rings. The molecule has 0 unspecified atom stereocenters. The molecule has 0 aliphatic heterocycles. The third-order valence-corrected chi connectivity index (χ3v) is 1.94. The molecule has 0 saturated carbocycles. The number of anilines is 1. The van der Waals surface area contributed by atoms with E-state index in [0.29, 0.717) is 6.20 Å². The molecular weight excluding hydrogens is 257 g/mol. The highest BCUT2D eigenvalue weighted by atomic mass is 35.5. The van der Waals surface area contributed by atoms with Crippen molar-refractivity contribution >= 4 is 23.8 Å². The maximum atomic E-state index is 12.4. The molecule has 0 amide bonds. The number of halogens is 4. The van der Waals surface area contributed by atoms with E-state index in [1.54, 1.807) is 6.92 Å². The quantitative estimate of drug-likeness (QED) is 0.478. The van der Waals surface area contributed by atoms with Gasteiger partial charge < -0.3 is 0 Å². The molecule has 0 saturated heterocycles. The molecule has 1 heterocycles. The first kappa shape index (κ1) is 13.4. The molecule has 92 valence electrons. The van der Waals surface area contributed by atoms with Crippen molar-refractivity contribution in [3.63, 3.8) is 0 Å². The van der Waals surface area contributed by atoms with Crippen molar-refractivity contribution in [3.8, 4) is 0 Å². The van der Waals surface area contributed by atoms with E-state index in [0.717, 1.165) is 5.01 Å². The lowest BCUT2D eigenvalue weighted by Crippen LogP contribution is -2.14. The van der Waals surface area contributed by atoms with Gasteiger partial charge in [0, 0.05) is 18.6 Å². The minimum atomic E-state index is -4.58. The second-order valence-corrected chi connectivity index (χ2v) is 3.13. The summed E-state index contributed by atoms with van der Waals surface area (Å²) in [4.78, 5) is 7.03. The summed E-state index contributed by atoms with van der Waals surface area (Å²) in [6, 6.07) is 0. The largest absolute Gasteiger partial charge is 0.420 e. The first-order valence-corrected chi connectivity index (χ1v) is 4.78. The maximum Gasteiger partial charge on any atom is 0.420 e. The molecule has 8 heteroatoms. The van der Waals surface area contributed by atoms with E-state index in [-0.39, 0.29) is 5.95 Å². The Labute approximate surface area is 100 Å². The Morgan fingerprint density at radius 3 is 2.59 bits per heavy atom. The van der Waals surface area contributed by atoms with Crippen LogP contribution in [-0.4, -0.2) is 16.2 Å². The van der Waals surface area contributed by atoms with Crippen LogP contribution in [0.2, 0.25) is 5.15 Å². The molecule has 1 aromatic heterocycles. The van der Waals surface area contributed by atoms with Crippen LogP contribution in [0.3, 0.4) is 0 Å². The van der Waals surface area contributed by atoms with Crippen molar-refractivity contribution in [2.75, 3.05) is 5.01 Å². The Morgan fingerprint density at radius 2 is 2.18 bits per heavy atom. The SMILES string of the molecule is C=CN(N=CC)c1ncc(C(F)(F)F)c(Cl)n1. The summed E-state index contributed by atoms with van der Waals surface area (Å²) in [5.41, 5.74) is -1.09. The van der Waals surface area contributed by atoms with Crippen molar-refractivity contribution < 1.29 is 13.2 Å². The van der Waals surface area contributed by atoms with Gasteiger partial charge in [-0.15, -0.1) is 0 Å². The van der Waals surface area contributed by atoms with Crippen LogP contribution in [0.25, 0.3) is 0 Å². The van der Waals surface area contributed by atoms with Crippen LogP contribution < -0.4 is 5.01 Å². The topological polar surface area (TPSA) is 41.4 Å². The van der Waals surface area contributed by atoms with E-state index in [4.69, 9.17) is 11.6 Å². The van der Waals surface area contributed by atoms with Gasteiger partial charge in [-0.2, -0.15) is 23.3 Å². The van der Waals surface area contributed by atoms with E-state index in [1.165, 1.54) is 12.4 Å². The second-order valence-electron chi connectivity index (χ2n) is 2.77. The van der Waals surface area contributed by atoms with Crippen LogP contribution >= 0.6 is 11.6 Å². The molecule has 0 spiro atoms. The molecule has 17 heavy (non-hydrogen) atoms. The zero-order valence-corrected chi connectivity index (χ0v) is 9.50. The fraction of sp³-hybridized carbons (Fsp3) is 0.222. The molecule has 1 aromatic rings. The monoisotopic (exact) mass is 264 g/mol. The highest BCUT2D eigenvalue weighted by molar-refractivity contribution is 6.30. The average molecular weight is 265 g/mol. The number of hydrogen-bond donors (Lipinski definition) is 0. The maximum absolute atomic E-state index is 12.4. The van der Waals surface area contributed by atoms with Crippen LogP contribution in [0.15, 0.2) is 24.1 Å². The van der Waals surface area contributed by atoms with Gasteiger partial charge in [0.2, 0.25) is 0 Å². The molecule has 0 fully saturated rings. The zero-order chi connectivity index (χ0) is 13.1. The van der Waals surface area contributed by atoms with Crippen molar-refractivity contribution in [1.29, 1.82) is 0 Å². The lowest BCUT2D eigenvalue weighted by atomic mass is 10.3. The summed E-state index contributed by atoms with van der Waals surface area (Å²) in [6.07, 6.45) is -1.31. The fourth-order valence-electron chi connectivity index (χ4n) is 0.958. The summed E-state index contributed by atoms with van der Waals surface area (Å²) >= 11 is 5.43. The molecule has 0 atom stereocenters. The van der Waals surface area contributed by atoms with Crippen molar-refractivity contribution in [2.24, 2.45) is 5.10 Å². The van der Waals surface area contributed by atoms with Gasteiger partial charge >= 0.3 is 6.18 Å². The molecule has 0 bridgehead atoms. The Balaban J connectivity index is 3.16. The minimum Gasteiger partial charge on any atom is -0.219 e. The van der Waals surface area contributed by atoms with Crippen LogP contribution in [0.5, 0.6) is 0 Å². The second kappa shape index (κ2) is 5.13. The lowest BCUT2D eigenvalue weighted by molar-refractivity contribution is -0.137. The van der Waals surface area contributed by atoms with Crippen LogP contribution in [0, 0.1) is 0 Å². The van der Waals surface area contributed by atoms with Crippen LogP contribution in [0.1, 0.15) is 12.5 Å². The molecule has 0 aromatic carbocycles. The van der Waals surface area contributed by atoms with Gasteiger partial charge in [-0.25, -0.2) is 9.99 Å². The number of nitrogens with zero attached hydrogens (tertiary/aromatic N) is 4. The summed E-state index contributed by atoms with van der Waals surface area (Å²) < 4.78 is 37.2. The normalized spacial score (nSPS) is 11.8. The van der Waals surface area contributed by atoms with Gasteiger partial charge in [0.15, 0.2) is 0 Å². The highest BCUT2D eigenvalue weighted by Crippen LogP contribution is 2.33. The third kappa shape index (κ3) is 3.16. The van der Waals surface area contributed by atoms with Crippen LogP contribution in [0.4, 0.5) is 19.1 Å². The Bertz CT molecular complexity index is 444. The van der Waals surface area contributed by atoms with E-state index < -0.39 is 16.9 Å². The van der Waals surface area contributed by atoms with Crippen LogP contribution in [-0.2, 0) is 6.18 Å². The number of rotatable bonds is 3. The number of alkyl halides is 3. The van der Waals surface area contributed by atoms with Gasteiger partial charge in [-0.05, 0) is 6.92 Å². The van der Waals surface area contributed by atoms with Gasteiger partial charge in [0.25, 0.3) is 5.95 Å². The summed E-state index contributed by atoms with van der Waals surface area (Å²) in [7, 11) is 0. The molecule has 0 N–H and O–H groups in total. The van der Waals surface area contributed by atoms with Crippen molar-refractivity contribution in [3.05, 3.63) is 29.7 Å².